The van der Waals surface area contributed by atoms with Crippen molar-refractivity contribution < 1.29 is 4.79 Å². The summed E-state index contributed by atoms with van der Waals surface area (Å²) >= 11 is 0. The largest absolute Gasteiger partial charge is 0.342 e. The highest BCUT2D eigenvalue weighted by Gasteiger charge is 2.40. The minimum absolute atomic E-state index is 0.248. The topological polar surface area (TPSA) is 32.3 Å². The van der Waals surface area contributed by atoms with Crippen LogP contribution in [0.1, 0.15) is 32.6 Å². The maximum absolute atomic E-state index is 12.5. The lowest BCUT2D eigenvalue weighted by atomic mass is 9.91. The molecule has 2 saturated heterocycles. The van der Waals surface area contributed by atoms with Crippen molar-refractivity contribution in [3.05, 3.63) is 0 Å². The van der Waals surface area contributed by atoms with E-state index in [1.54, 1.807) is 0 Å². The third-order valence-corrected chi connectivity index (χ3v) is 4.96. The molecule has 3 aliphatic rings. The summed E-state index contributed by atoms with van der Waals surface area (Å²) in [6.07, 6.45) is 5.18. The first kappa shape index (κ1) is 11.5. The number of amides is 1. The number of piperidine rings is 1. The molecule has 3 heteroatoms. The van der Waals surface area contributed by atoms with Crippen LogP contribution < -0.4 is 5.32 Å². The van der Waals surface area contributed by atoms with Crippen molar-refractivity contribution >= 4 is 5.91 Å². The molecule has 2 aliphatic heterocycles. The fourth-order valence-corrected chi connectivity index (χ4v) is 4.02. The minimum Gasteiger partial charge on any atom is -0.342 e. The monoisotopic (exact) mass is 236 g/mol. The molecule has 0 radical (unpaired) electrons. The summed E-state index contributed by atoms with van der Waals surface area (Å²) in [5.41, 5.74) is 0. The van der Waals surface area contributed by atoms with E-state index in [4.69, 9.17) is 0 Å². The molecule has 0 aromatic carbocycles. The molecule has 0 spiro atoms. The number of likely N-dealkylation sites (tertiary alicyclic amines) is 1. The van der Waals surface area contributed by atoms with Crippen molar-refractivity contribution in [2.24, 2.45) is 23.7 Å². The molecule has 3 nitrogen and oxygen atoms in total. The molecule has 2 heterocycles. The average Bonchev–Trinajstić information content (AvgIpc) is 2.88. The molecular formula is C14H24N2O. The van der Waals surface area contributed by atoms with Gasteiger partial charge in [-0.2, -0.15) is 0 Å². The van der Waals surface area contributed by atoms with Gasteiger partial charge in [-0.1, -0.05) is 13.3 Å². The Kier molecular flexibility index (Phi) is 3.12. The number of fused-ring (bicyclic) bond motifs is 1. The summed E-state index contributed by atoms with van der Waals surface area (Å²) in [6.45, 7) is 6.32. The number of carbonyl (C=O) groups excluding carboxylic acids is 1. The van der Waals surface area contributed by atoms with E-state index in [1.165, 1.54) is 19.3 Å². The van der Waals surface area contributed by atoms with Gasteiger partial charge in [-0.05, 0) is 43.6 Å². The van der Waals surface area contributed by atoms with Gasteiger partial charge in [0.2, 0.25) is 5.91 Å². The number of hydrogen-bond donors (Lipinski definition) is 1. The van der Waals surface area contributed by atoms with Crippen molar-refractivity contribution in [2.45, 2.75) is 32.6 Å². The Labute approximate surface area is 104 Å². The van der Waals surface area contributed by atoms with E-state index in [9.17, 15) is 4.79 Å². The first-order valence-electron chi connectivity index (χ1n) is 7.23. The standard InChI is InChI=1S/C14H24N2O/c1-10-5-13(7-15-6-10)14(17)16-8-11-3-2-4-12(11)9-16/h10-13,15H,2-9H2,1H3. The summed E-state index contributed by atoms with van der Waals surface area (Å²) < 4.78 is 0. The molecular weight excluding hydrogens is 212 g/mol. The Balaban J connectivity index is 1.59. The average molecular weight is 236 g/mol. The van der Waals surface area contributed by atoms with Crippen LogP contribution in [-0.4, -0.2) is 37.0 Å². The molecule has 0 bridgehead atoms. The van der Waals surface area contributed by atoms with Gasteiger partial charge in [0.05, 0.1) is 5.92 Å². The Morgan fingerprint density at radius 1 is 1.18 bits per heavy atom. The zero-order chi connectivity index (χ0) is 11.8. The van der Waals surface area contributed by atoms with Gasteiger partial charge >= 0.3 is 0 Å². The number of hydrogen-bond acceptors (Lipinski definition) is 2. The Morgan fingerprint density at radius 3 is 2.53 bits per heavy atom. The smallest absolute Gasteiger partial charge is 0.226 e. The molecule has 4 atom stereocenters. The third-order valence-electron chi connectivity index (χ3n) is 4.96. The molecule has 1 saturated carbocycles. The van der Waals surface area contributed by atoms with Crippen molar-refractivity contribution in [1.82, 2.24) is 10.2 Å². The fourth-order valence-electron chi connectivity index (χ4n) is 4.02. The summed E-state index contributed by atoms with van der Waals surface area (Å²) in [4.78, 5) is 14.6. The van der Waals surface area contributed by atoms with E-state index < -0.39 is 0 Å². The Morgan fingerprint density at radius 2 is 1.88 bits per heavy atom. The van der Waals surface area contributed by atoms with E-state index in [-0.39, 0.29) is 5.92 Å². The van der Waals surface area contributed by atoms with E-state index in [0.717, 1.165) is 44.4 Å². The second-order valence-electron chi connectivity index (χ2n) is 6.39. The summed E-state index contributed by atoms with van der Waals surface area (Å²) in [5.74, 6) is 2.98. The van der Waals surface area contributed by atoms with Crippen LogP contribution in [0.2, 0.25) is 0 Å². The number of rotatable bonds is 1. The molecule has 3 rings (SSSR count). The van der Waals surface area contributed by atoms with E-state index in [0.29, 0.717) is 11.8 Å². The molecule has 0 aromatic rings. The van der Waals surface area contributed by atoms with E-state index in [1.807, 2.05) is 0 Å². The highest BCUT2D eigenvalue weighted by molar-refractivity contribution is 5.79. The Hall–Kier alpha value is -0.570. The van der Waals surface area contributed by atoms with Crippen molar-refractivity contribution in [2.75, 3.05) is 26.2 Å². The van der Waals surface area contributed by atoms with Gasteiger partial charge < -0.3 is 10.2 Å². The van der Waals surface area contributed by atoms with Crippen molar-refractivity contribution in [3.8, 4) is 0 Å². The van der Waals surface area contributed by atoms with Crippen LogP contribution in [0.3, 0.4) is 0 Å². The second kappa shape index (κ2) is 4.60. The lowest BCUT2D eigenvalue weighted by Crippen LogP contribution is -2.44. The van der Waals surface area contributed by atoms with Gasteiger partial charge in [0.1, 0.15) is 0 Å². The molecule has 1 aliphatic carbocycles. The summed E-state index contributed by atoms with van der Waals surface area (Å²) in [7, 11) is 0. The quantitative estimate of drug-likeness (QED) is 0.748. The van der Waals surface area contributed by atoms with Crippen LogP contribution in [0.5, 0.6) is 0 Å². The van der Waals surface area contributed by atoms with E-state index in [2.05, 4.69) is 17.1 Å². The van der Waals surface area contributed by atoms with Crippen LogP contribution in [-0.2, 0) is 4.79 Å². The number of carbonyl (C=O) groups is 1. The summed E-state index contributed by atoms with van der Waals surface area (Å²) in [5, 5.41) is 3.39. The highest BCUT2D eigenvalue weighted by atomic mass is 16.2. The lowest BCUT2D eigenvalue weighted by molar-refractivity contribution is -0.135. The molecule has 4 unspecified atom stereocenters. The van der Waals surface area contributed by atoms with Gasteiger partial charge in [-0.3, -0.25) is 4.79 Å². The Bertz CT molecular complexity index is 293. The third kappa shape index (κ3) is 2.22. The van der Waals surface area contributed by atoms with Crippen LogP contribution in [0.4, 0.5) is 0 Å². The predicted octanol–water partition coefficient (Wildman–Crippen LogP) is 1.49. The maximum atomic E-state index is 12.5. The van der Waals surface area contributed by atoms with Crippen LogP contribution in [0.25, 0.3) is 0 Å². The zero-order valence-electron chi connectivity index (χ0n) is 10.8. The molecule has 3 fully saturated rings. The zero-order valence-corrected chi connectivity index (χ0v) is 10.8. The van der Waals surface area contributed by atoms with Gasteiger partial charge in [0.15, 0.2) is 0 Å². The van der Waals surface area contributed by atoms with Crippen LogP contribution >= 0.6 is 0 Å². The first-order valence-corrected chi connectivity index (χ1v) is 7.23. The van der Waals surface area contributed by atoms with Crippen molar-refractivity contribution in [1.29, 1.82) is 0 Å². The van der Waals surface area contributed by atoms with Gasteiger partial charge in [-0.15, -0.1) is 0 Å². The van der Waals surface area contributed by atoms with Crippen LogP contribution in [0.15, 0.2) is 0 Å². The highest BCUT2D eigenvalue weighted by Crippen LogP contribution is 2.38. The van der Waals surface area contributed by atoms with Gasteiger partial charge in [0.25, 0.3) is 0 Å². The number of nitrogens with zero attached hydrogens (tertiary/aromatic N) is 1. The molecule has 17 heavy (non-hydrogen) atoms. The van der Waals surface area contributed by atoms with Gasteiger partial charge in [-0.25, -0.2) is 0 Å². The molecule has 0 aromatic heterocycles. The lowest BCUT2D eigenvalue weighted by Gasteiger charge is -2.30. The summed E-state index contributed by atoms with van der Waals surface area (Å²) in [6, 6.07) is 0. The normalized spacial score (nSPS) is 41.6. The maximum Gasteiger partial charge on any atom is 0.226 e. The SMILES string of the molecule is CC1CNCC(C(=O)N2CC3CCCC3C2)C1. The van der Waals surface area contributed by atoms with Gasteiger partial charge in [0, 0.05) is 19.6 Å². The fraction of sp³-hybridized carbons (Fsp3) is 0.929. The minimum atomic E-state index is 0.248. The van der Waals surface area contributed by atoms with Crippen molar-refractivity contribution in [3.63, 3.8) is 0 Å². The predicted molar refractivity (Wildman–Crippen MR) is 67.6 cm³/mol. The first-order chi connectivity index (χ1) is 8.24. The number of nitrogens with one attached hydrogen (secondary N) is 1. The second-order valence-corrected chi connectivity index (χ2v) is 6.39. The van der Waals surface area contributed by atoms with Crippen LogP contribution in [0, 0.1) is 23.7 Å². The molecule has 1 N–H and O–H groups in total. The van der Waals surface area contributed by atoms with E-state index >= 15 is 0 Å². The molecule has 96 valence electrons. The molecule has 1 amide bonds.